The summed E-state index contributed by atoms with van der Waals surface area (Å²) in [5.74, 6) is 0.993. The molecular formula is C13H18ClNO. The van der Waals surface area contributed by atoms with Gasteiger partial charge in [0.25, 0.3) is 0 Å². The highest BCUT2D eigenvalue weighted by Crippen LogP contribution is 2.26. The Morgan fingerprint density at radius 1 is 1.25 bits per heavy atom. The fourth-order valence-corrected chi connectivity index (χ4v) is 1.70. The molecule has 2 nitrogen and oxygen atoms in total. The predicted octanol–water partition coefficient (Wildman–Crippen LogP) is 2.72. The van der Waals surface area contributed by atoms with Gasteiger partial charge in [-0.15, -0.1) is 12.4 Å². The van der Waals surface area contributed by atoms with E-state index < -0.39 is 0 Å². The molecule has 0 aliphatic carbocycles. The number of fused-ring (bicyclic) bond motifs is 1. The SMILES string of the molecule is CNC1C=Cc2cc(C)c(C)cc2OC1.Cl. The van der Waals surface area contributed by atoms with Crippen LogP contribution in [-0.2, 0) is 0 Å². The smallest absolute Gasteiger partial charge is 0.126 e. The molecule has 0 spiro atoms. The van der Waals surface area contributed by atoms with Crippen LogP contribution < -0.4 is 10.1 Å². The summed E-state index contributed by atoms with van der Waals surface area (Å²) in [5.41, 5.74) is 3.77. The Kier molecular flexibility index (Phi) is 4.39. The number of halogens is 1. The van der Waals surface area contributed by atoms with Crippen LogP contribution in [0.1, 0.15) is 16.7 Å². The molecule has 1 atom stereocenters. The van der Waals surface area contributed by atoms with Crippen LogP contribution in [0, 0.1) is 13.8 Å². The highest BCUT2D eigenvalue weighted by molar-refractivity contribution is 5.85. The highest BCUT2D eigenvalue weighted by Gasteiger charge is 2.11. The normalized spacial score (nSPS) is 18.1. The van der Waals surface area contributed by atoms with Crippen LogP contribution in [0.2, 0.25) is 0 Å². The third-order valence-electron chi connectivity index (χ3n) is 2.92. The molecule has 16 heavy (non-hydrogen) atoms. The van der Waals surface area contributed by atoms with Crippen molar-refractivity contribution in [1.82, 2.24) is 5.32 Å². The van der Waals surface area contributed by atoms with Crippen molar-refractivity contribution in [1.29, 1.82) is 0 Å². The zero-order valence-electron chi connectivity index (χ0n) is 9.91. The van der Waals surface area contributed by atoms with Gasteiger partial charge in [-0.1, -0.05) is 12.2 Å². The summed E-state index contributed by atoms with van der Waals surface area (Å²) < 4.78 is 5.76. The van der Waals surface area contributed by atoms with Crippen molar-refractivity contribution in [2.45, 2.75) is 19.9 Å². The van der Waals surface area contributed by atoms with E-state index in [1.54, 1.807) is 0 Å². The Morgan fingerprint density at radius 3 is 2.62 bits per heavy atom. The van der Waals surface area contributed by atoms with Gasteiger partial charge in [0.2, 0.25) is 0 Å². The zero-order valence-corrected chi connectivity index (χ0v) is 10.7. The van der Waals surface area contributed by atoms with Gasteiger partial charge >= 0.3 is 0 Å². The number of rotatable bonds is 1. The molecular weight excluding hydrogens is 222 g/mol. The second-order valence-electron chi connectivity index (χ2n) is 4.04. The fourth-order valence-electron chi connectivity index (χ4n) is 1.70. The molecule has 0 fully saturated rings. The number of likely N-dealkylation sites (N-methyl/N-ethyl adjacent to an activating group) is 1. The van der Waals surface area contributed by atoms with Crippen LogP contribution in [0.3, 0.4) is 0 Å². The van der Waals surface area contributed by atoms with Gasteiger partial charge in [0.05, 0.1) is 6.04 Å². The Morgan fingerprint density at radius 2 is 1.94 bits per heavy atom. The van der Waals surface area contributed by atoms with E-state index in [0.29, 0.717) is 12.6 Å². The van der Waals surface area contributed by atoms with Gasteiger partial charge in [-0.3, -0.25) is 0 Å². The largest absolute Gasteiger partial charge is 0.491 e. The minimum atomic E-state index is 0. The number of nitrogens with one attached hydrogen (secondary N) is 1. The average Bonchev–Trinajstić information content (AvgIpc) is 2.42. The van der Waals surface area contributed by atoms with Gasteiger partial charge in [0, 0.05) is 5.56 Å². The Bertz CT molecular complexity index is 401. The molecule has 0 aromatic heterocycles. The van der Waals surface area contributed by atoms with Gasteiger partial charge in [-0.25, -0.2) is 0 Å². The third-order valence-corrected chi connectivity index (χ3v) is 2.92. The monoisotopic (exact) mass is 239 g/mol. The van der Waals surface area contributed by atoms with Gasteiger partial charge in [-0.2, -0.15) is 0 Å². The molecule has 1 aliphatic heterocycles. The minimum absolute atomic E-state index is 0. The van der Waals surface area contributed by atoms with E-state index in [1.807, 2.05) is 7.05 Å². The molecule has 1 unspecified atom stereocenters. The number of hydrogen-bond donors (Lipinski definition) is 1. The first kappa shape index (κ1) is 13.1. The van der Waals surface area contributed by atoms with Gasteiger partial charge in [0.1, 0.15) is 12.4 Å². The number of aryl methyl sites for hydroxylation is 2. The van der Waals surface area contributed by atoms with Crippen LogP contribution in [0.15, 0.2) is 18.2 Å². The molecule has 1 aromatic carbocycles. The second-order valence-corrected chi connectivity index (χ2v) is 4.04. The van der Waals surface area contributed by atoms with Crippen LogP contribution in [0.4, 0.5) is 0 Å². The molecule has 0 saturated heterocycles. The van der Waals surface area contributed by atoms with Gasteiger partial charge in [0.15, 0.2) is 0 Å². The van der Waals surface area contributed by atoms with Crippen LogP contribution >= 0.6 is 12.4 Å². The van der Waals surface area contributed by atoms with E-state index in [-0.39, 0.29) is 12.4 Å². The van der Waals surface area contributed by atoms with Crippen LogP contribution in [0.25, 0.3) is 6.08 Å². The van der Waals surface area contributed by atoms with Gasteiger partial charge < -0.3 is 10.1 Å². The van der Waals surface area contributed by atoms with E-state index in [4.69, 9.17) is 4.74 Å². The van der Waals surface area contributed by atoms with E-state index in [1.165, 1.54) is 16.7 Å². The van der Waals surface area contributed by atoms with Crippen LogP contribution in [-0.4, -0.2) is 19.7 Å². The third kappa shape index (κ3) is 2.57. The Labute approximate surface area is 103 Å². The van der Waals surface area contributed by atoms with Gasteiger partial charge in [-0.05, 0) is 44.2 Å². The topological polar surface area (TPSA) is 21.3 Å². The summed E-state index contributed by atoms with van der Waals surface area (Å²) in [6.45, 7) is 4.94. The first-order chi connectivity index (χ1) is 7.20. The zero-order chi connectivity index (χ0) is 10.8. The molecule has 1 aromatic rings. The molecule has 0 saturated carbocycles. The molecule has 0 bridgehead atoms. The molecule has 88 valence electrons. The summed E-state index contributed by atoms with van der Waals surface area (Å²) >= 11 is 0. The summed E-state index contributed by atoms with van der Waals surface area (Å²) in [5, 5.41) is 3.20. The molecule has 2 rings (SSSR count). The van der Waals surface area contributed by atoms with Crippen molar-refractivity contribution < 1.29 is 4.74 Å². The van der Waals surface area contributed by atoms with Crippen molar-refractivity contribution in [2.75, 3.05) is 13.7 Å². The summed E-state index contributed by atoms with van der Waals surface area (Å²) in [6.07, 6.45) is 4.29. The summed E-state index contributed by atoms with van der Waals surface area (Å²) in [6, 6.07) is 4.60. The average molecular weight is 240 g/mol. The maximum Gasteiger partial charge on any atom is 0.126 e. The maximum atomic E-state index is 5.76. The fraction of sp³-hybridized carbons (Fsp3) is 0.385. The lowest BCUT2D eigenvalue weighted by atomic mass is 10.0. The lowest BCUT2D eigenvalue weighted by Crippen LogP contribution is -2.28. The second kappa shape index (κ2) is 5.37. The molecule has 0 radical (unpaired) electrons. The van der Waals surface area contributed by atoms with E-state index >= 15 is 0 Å². The van der Waals surface area contributed by atoms with E-state index in [2.05, 4.69) is 43.4 Å². The van der Waals surface area contributed by atoms with Crippen molar-refractivity contribution in [3.63, 3.8) is 0 Å². The summed E-state index contributed by atoms with van der Waals surface area (Å²) in [4.78, 5) is 0. The quantitative estimate of drug-likeness (QED) is 0.814. The molecule has 1 aliphatic rings. The highest BCUT2D eigenvalue weighted by atomic mass is 35.5. The lowest BCUT2D eigenvalue weighted by molar-refractivity contribution is 0.294. The van der Waals surface area contributed by atoms with E-state index in [0.717, 1.165) is 5.75 Å². The molecule has 1 heterocycles. The minimum Gasteiger partial charge on any atom is -0.491 e. The predicted molar refractivity (Wildman–Crippen MR) is 70.5 cm³/mol. The van der Waals surface area contributed by atoms with Crippen molar-refractivity contribution in [2.24, 2.45) is 0 Å². The van der Waals surface area contributed by atoms with Crippen molar-refractivity contribution in [3.05, 3.63) is 34.9 Å². The number of benzene rings is 1. The van der Waals surface area contributed by atoms with Crippen molar-refractivity contribution in [3.8, 4) is 5.75 Å². The van der Waals surface area contributed by atoms with Crippen LogP contribution in [0.5, 0.6) is 5.75 Å². The summed E-state index contributed by atoms with van der Waals surface area (Å²) in [7, 11) is 1.95. The van der Waals surface area contributed by atoms with E-state index in [9.17, 15) is 0 Å². The lowest BCUT2D eigenvalue weighted by Gasteiger charge is -2.12. The first-order valence-corrected chi connectivity index (χ1v) is 5.30. The van der Waals surface area contributed by atoms with Crippen molar-refractivity contribution >= 4 is 18.5 Å². The molecule has 3 heteroatoms. The maximum absolute atomic E-state index is 5.76. The first-order valence-electron chi connectivity index (χ1n) is 5.30. The molecule has 0 amide bonds. The molecule has 1 N–H and O–H groups in total. The number of hydrogen-bond acceptors (Lipinski definition) is 2. The Hall–Kier alpha value is -0.990. The standard InChI is InChI=1S/C13H17NO.ClH/c1-9-6-11-4-5-12(14-3)8-15-13(11)7-10(9)2;/h4-7,12,14H,8H2,1-3H3;1H. The number of ether oxygens (including phenoxy) is 1. The Balaban J connectivity index is 0.00000128.